The number of rotatable bonds is 6. The third kappa shape index (κ3) is 3.69. The Balaban J connectivity index is 2.63. The Morgan fingerprint density at radius 3 is 2.81 bits per heavy atom. The van der Waals surface area contributed by atoms with Crippen molar-refractivity contribution in [3.8, 4) is 0 Å². The van der Waals surface area contributed by atoms with Gasteiger partial charge in [0.1, 0.15) is 0 Å². The predicted octanol–water partition coefficient (Wildman–Crippen LogP) is 2.54. The van der Waals surface area contributed by atoms with E-state index in [2.05, 4.69) is 23.5 Å². The zero-order valence-electron chi connectivity index (χ0n) is 9.34. The van der Waals surface area contributed by atoms with Gasteiger partial charge in [-0.25, -0.2) is 0 Å². The Hall–Kier alpha value is -1.30. The van der Waals surface area contributed by atoms with Crippen LogP contribution in [0.4, 0.5) is 11.5 Å². The van der Waals surface area contributed by atoms with Gasteiger partial charge in [-0.2, -0.15) is 11.8 Å². The van der Waals surface area contributed by atoms with E-state index in [9.17, 15) is 10.1 Å². The molecule has 0 radical (unpaired) electrons. The van der Waals surface area contributed by atoms with Gasteiger partial charge in [0.25, 0.3) is 0 Å². The molecule has 0 aliphatic rings. The van der Waals surface area contributed by atoms with Crippen molar-refractivity contribution in [3.05, 3.63) is 28.4 Å². The summed E-state index contributed by atoms with van der Waals surface area (Å²) in [5, 5.41) is 13.7. The molecule has 0 amide bonds. The lowest BCUT2D eigenvalue weighted by molar-refractivity contribution is -0.389. The van der Waals surface area contributed by atoms with Crippen molar-refractivity contribution in [2.75, 3.05) is 17.3 Å². The van der Waals surface area contributed by atoms with E-state index in [-0.39, 0.29) is 5.82 Å². The number of nitro groups is 1. The standard InChI is InChI=1S/C10H15N3O2S/c1-3-8(7-16-2)12-9-4-5-10(11-6-9)13(14)15/h4-6,8,12H,3,7H2,1-2H3. The van der Waals surface area contributed by atoms with Crippen LogP contribution in [0.3, 0.4) is 0 Å². The quantitative estimate of drug-likeness (QED) is 0.612. The van der Waals surface area contributed by atoms with Crippen molar-refractivity contribution in [1.29, 1.82) is 0 Å². The smallest absolute Gasteiger partial charge is 0.363 e. The first kappa shape index (κ1) is 12.8. The van der Waals surface area contributed by atoms with Gasteiger partial charge in [-0.1, -0.05) is 6.92 Å². The van der Waals surface area contributed by atoms with Gasteiger partial charge in [0, 0.05) is 17.9 Å². The van der Waals surface area contributed by atoms with Gasteiger partial charge in [0.05, 0.1) is 5.69 Å². The molecular weight excluding hydrogens is 226 g/mol. The van der Waals surface area contributed by atoms with E-state index in [4.69, 9.17) is 0 Å². The lowest BCUT2D eigenvalue weighted by atomic mass is 10.2. The number of pyridine rings is 1. The lowest BCUT2D eigenvalue weighted by Gasteiger charge is -2.15. The molecule has 6 heteroatoms. The summed E-state index contributed by atoms with van der Waals surface area (Å²) in [6, 6.07) is 3.47. The summed E-state index contributed by atoms with van der Waals surface area (Å²) in [5.41, 5.74) is 0.825. The molecule has 0 saturated carbocycles. The van der Waals surface area contributed by atoms with E-state index in [0.29, 0.717) is 6.04 Å². The van der Waals surface area contributed by atoms with Crippen molar-refractivity contribution in [2.24, 2.45) is 0 Å². The molecule has 1 aromatic rings. The van der Waals surface area contributed by atoms with Crippen LogP contribution < -0.4 is 5.32 Å². The molecule has 0 bridgehead atoms. The fourth-order valence-corrected chi connectivity index (χ4v) is 2.00. The SMILES string of the molecule is CCC(CSC)Nc1ccc([N+](=O)[O-])nc1. The highest BCUT2D eigenvalue weighted by atomic mass is 32.2. The second-order valence-electron chi connectivity index (χ2n) is 3.37. The molecule has 0 aliphatic carbocycles. The highest BCUT2D eigenvalue weighted by Gasteiger charge is 2.09. The minimum absolute atomic E-state index is 0.122. The number of nitrogens with zero attached hydrogens (tertiary/aromatic N) is 2. The van der Waals surface area contributed by atoms with Crippen molar-refractivity contribution in [2.45, 2.75) is 19.4 Å². The Kier molecular flexibility index (Phi) is 5.04. The maximum atomic E-state index is 10.4. The second-order valence-corrected chi connectivity index (χ2v) is 4.28. The fourth-order valence-electron chi connectivity index (χ4n) is 1.28. The molecule has 1 N–H and O–H groups in total. The summed E-state index contributed by atoms with van der Waals surface area (Å²) in [4.78, 5) is 13.7. The molecule has 0 saturated heterocycles. The number of hydrogen-bond donors (Lipinski definition) is 1. The van der Waals surface area contributed by atoms with Crippen LogP contribution in [-0.2, 0) is 0 Å². The second kappa shape index (κ2) is 6.32. The Labute approximate surface area is 98.8 Å². The van der Waals surface area contributed by atoms with E-state index in [1.54, 1.807) is 17.8 Å². The van der Waals surface area contributed by atoms with E-state index in [0.717, 1.165) is 17.9 Å². The number of aromatic nitrogens is 1. The van der Waals surface area contributed by atoms with Crippen molar-refractivity contribution < 1.29 is 4.92 Å². The summed E-state index contributed by atoms with van der Waals surface area (Å²) < 4.78 is 0. The fraction of sp³-hybridized carbons (Fsp3) is 0.500. The van der Waals surface area contributed by atoms with Gasteiger partial charge >= 0.3 is 5.82 Å². The number of anilines is 1. The van der Waals surface area contributed by atoms with E-state index in [1.807, 2.05) is 0 Å². The number of nitrogens with one attached hydrogen (secondary N) is 1. The molecule has 0 fully saturated rings. The largest absolute Gasteiger partial charge is 0.378 e. The van der Waals surface area contributed by atoms with E-state index < -0.39 is 4.92 Å². The molecule has 1 heterocycles. The maximum absolute atomic E-state index is 10.4. The molecule has 1 unspecified atom stereocenters. The summed E-state index contributed by atoms with van der Waals surface area (Å²) in [7, 11) is 0. The van der Waals surface area contributed by atoms with Crippen LogP contribution in [-0.4, -0.2) is 28.0 Å². The number of thioether (sulfide) groups is 1. The highest BCUT2D eigenvalue weighted by molar-refractivity contribution is 7.98. The Morgan fingerprint density at radius 1 is 1.62 bits per heavy atom. The van der Waals surface area contributed by atoms with Crippen LogP contribution in [0.1, 0.15) is 13.3 Å². The van der Waals surface area contributed by atoms with Gasteiger partial charge in [-0.15, -0.1) is 0 Å². The van der Waals surface area contributed by atoms with Gasteiger partial charge in [0.2, 0.25) is 0 Å². The topological polar surface area (TPSA) is 68.1 Å². The molecule has 0 spiro atoms. The Morgan fingerprint density at radius 2 is 2.38 bits per heavy atom. The molecular formula is C10H15N3O2S. The van der Waals surface area contributed by atoms with Crippen LogP contribution in [0, 0.1) is 10.1 Å². The first-order chi connectivity index (χ1) is 7.67. The van der Waals surface area contributed by atoms with Gasteiger partial charge in [-0.05, 0) is 28.7 Å². The molecule has 1 aromatic heterocycles. The van der Waals surface area contributed by atoms with Crippen LogP contribution in [0.5, 0.6) is 0 Å². The first-order valence-corrected chi connectivity index (χ1v) is 6.42. The van der Waals surface area contributed by atoms with Gasteiger partial charge < -0.3 is 15.4 Å². The van der Waals surface area contributed by atoms with Crippen molar-refractivity contribution in [1.82, 2.24) is 4.98 Å². The van der Waals surface area contributed by atoms with Crippen LogP contribution in [0.15, 0.2) is 18.3 Å². The summed E-state index contributed by atoms with van der Waals surface area (Å²) in [5.74, 6) is 0.886. The van der Waals surface area contributed by atoms with Gasteiger partial charge in [0.15, 0.2) is 6.20 Å². The normalized spacial score (nSPS) is 12.1. The molecule has 0 aliphatic heterocycles. The van der Waals surface area contributed by atoms with Crippen LogP contribution >= 0.6 is 11.8 Å². The molecule has 88 valence electrons. The maximum Gasteiger partial charge on any atom is 0.363 e. The third-order valence-corrected chi connectivity index (χ3v) is 2.90. The summed E-state index contributed by atoms with van der Waals surface area (Å²) in [6.45, 7) is 2.10. The summed E-state index contributed by atoms with van der Waals surface area (Å²) >= 11 is 1.77. The zero-order chi connectivity index (χ0) is 12.0. The van der Waals surface area contributed by atoms with Crippen LogP contribution in [0.2, 0.25) is 0 Å². The molecule has 0 aromatic carbocycles. The molecule has 1 rings (SSSR count). The molecule has 5 nitrogen and oxygen atoms in total. The van der Waals surface area contributed by atoms with Crippen molar-refractivity contribution in [3.63, 3.8) is 0 Å². The van der Waals surface area contributed by atoms with E-state index >= 15 is 0 Å². The Bertz CT molecular complexity index is 342. The first-order valence-electron chi connectivity index (χ1n) is 5.03. The zero-order valence-corrected chi connectivity index (χ0v) is 10.2. The van der Waals surface area contributed by atoms with Gasteiger partial charge in [-0.3, -0.25) is 0 Å². The van der Waals surface area contributed by atoms with Crippen molar-refractivity contribution >= 4 is 23.3 Å². The predicted molar refractivity (Wildman–Crippen MR) is 67.0 cm³/mol. The minimum Gasteiger partial charge on any atom is -0.378 e. The third-order valence-electron chi connectivity index (χ3n) is 2.17. The summed E-state index contributed by atoms with van der Waals surface area (Å²) in [6.07, 6.45) is 4.57. The average molecular weight is 241 g/mol. The molecule has 1 atom stereocenters. The van der Waals surface area contributed by atoms with E-state index in [1.165, 1.54) is 12.3 Å². The molecule has 16 heavy (non-hydrogen) atoms. The highest BCUT2D eigenvalue weighted by Crippen LogP contribution is 2.14. The number of hydrogen-bond acceptors (Lipinski definition) is 5. The monoisotopic (exact) mass is 241 g/mol. The van der Waals surface area contributed by atoms with Crippen LogP contribution in [0.25, 0.3) is 0 Å². The minimum atomic E-state index is -0.497. The average Bonchev–Trinajstić information content (AvgIpc) is 2.29. The lowest BCUT2D eigenvalue weighted by Crippen LogP contribution is -2.21.